The first-order valence-corrected chi connectivity index (χ1v) is 8.25. The lowest BCUT2D eigenvalue weighted by Crippen LogP contribution is -2.18. The molecule has 2 amide bonds. The van der Waals surface area contributed by atoms with E-state index in [1.807, 2.05) is 32.0 Å². The van der Waals surface area contributed by atoms with Crippen LogP contribution < -0.4 is 15.4 Å². The first-order chi connectivity index (χ1) is 12.4. The molecule has 0 unspecified atom stereocenters. The molecular formula is C20H24N2O4. The van der Waals surface area contributed by atoms with Crippen molar-refractivity contribution < 1.29 is 19.1 Å². The number of ether oxygens (including phenoxy) is 2. The predicted octanol–water partition coefficient (Wildman–Crippen LogP) is 3.08. The Morgan fingerprint density at radius 3 is 2.42 bits per heavy atom. The van der Waals surface area contributed by atoms with Gasteiger partial charge in [0, 0.05) is 12.8 Å². The molecule has 0 saturated carbocycles. The second-order valence-corrected chi connectivity index (χ2v) is 6.05. The molecule has 2 rings (SSSR count). The van der Waals surface area contributed by atoms with Crippen molar-refractivity contribution in [2.45, 2.75) is 20.3 Å². The number of rotatable bonds is 7. The molecule has 0 fully saturated rings. The quantitative estimate of drug-likeness (QED) is 0.799. The molecule has 0 atom stereocenters. The Hall–Kier alpha value is -2.86. The summed E-state index contributed by atoms with van der Waals surface area (Å²) in [6.07, 6.45) is 0.283. The topological polar surface area (TPSA) is 76.7 Å². The number of anilines is 2. The fourth-order valence-electron chi connectivity index (χ4n) is 2.57. The Kier molecular flexibility index (Phi) is 6.74. The van der Waals surface area contributed by atoms with Crippen LogP contribution in [-0.4, -0.2) is 32.6 Å². The molecule has 0 aliphatic rings. The molecule has 0 aromatic heterocycles. The summed E-state index contributed by atoms with van der Waals surface area (Å²) in [6, 6.07) is 11.1. The summed E-state index contributed by atoms with van der Waals surface area (Å²) in [5, 5.41) is 5.56. The van der Waals surface area contributed by atoms with E-state index in [0.29, 0.717) is 17.1 Å². The first kappa shape index (κ1) is 19.5. The molecule has 138 valence electrons. The molecular weight excluding hydrogens is 332 g/mol. The monoisotopic (exact) mass is 356 g/mol. The van der Waals surface area contributed by atoms with Crippen LogP contribution in [0.15, 0.2) is 36.4 Å². The number of benzene rings is 2. The highest BCUT2D eigenvalue weighted by Crippen LogP contribution is 2.28. The van der Waals surface area contributed by atoms with Gasteiger partial charge in [0.05, 0.1) is 19.2 Å². The van der Waals surface area contributed by atoms with Gasteiger partial charge in [-0.1, -0.05) is 23.8 Å². The van der Waals surface area contributed by atoms with Gasteiger partial charge in [0.25, 0.3) is 0 Å². The standard InChI is InChI=1S/C20H24N2O4/c1-13-5-6-14(2)15(9-13)10-19(23)21-16-7-8-18(26-4)17(11-16)22-20(24)12-25-3/h5-9,11H,10,12H2,1-4H3,(H,21,23)(H,22,24). The summed E-state index contributed by atoms with van der Waals surface area (Å²) in [6.45, 7) is 3.92. The van der Waals surface area contributed by atoms with E-state index >= 15 is 0 Å². The molecule has 0 aliphatic carbocycles. The summed E-state index contributed by atoms with van der Waals surface area (Å²) in [7, 11) is 2.96. The summed E-state index contributed by atoms with van der Waals surface area (Å²) < 4.78 is 10.0. The molecule has 2 aromatic carbocycles. The highest BCUT2D eigenvalue weighted by atomic mass is 16.5. The minimum Gasteiger partial charge on any atom is -0.495 e. The van der Waals surface area contributed by atoms with Crippen molar-refractivity contribution in [2.24, 2.45) is 0 Å². The second kappa shape index (κ2) is 9.01. The number of carbonyl (C=O) groups is 2. The van der Waals surface area contributed by atoms with Crippen LogP contribution in [0.25, 0.3) is 0 Å². The Balaban J connectivity index is 2.11. The number of hydrogen-bond donors (Lipinski definition) is 2. The Morgan fingerprint density at radius 2 is 1.73 bits per heavy atom. The number of methoxy groups -OCH3 is 2. The molecule has 2 N–H and O–H groups in total. The zero-order valence-electron chi connectivity index (χ0n) is 15.5. The van der Waals surface area contributed by atoms with E-state index in [4.69, 9.17) is 9.47 Å². The van der Waals surface area contributed by atoms with Crippen molar-refractivity contribution in [3.63, 3.8) is 0 Å². The number of nitrogens with one attached hydrogen (secondary N) is 2. The van der Waals surface area contributed by atoms with Crippen molar-refractivity contribution in [1.82, 2.24) is 0 Å². The third kappa shape index (κ3) is 5.32. The van der Waals surface area contributed by atoms with Crippen LogP contribution in [-0.2, 0) is 20.7 Å². The zero-order valence-corrected chi connectivity index (χ0v) is 15.5. The van der Waals surface area contributed by atoms with Gasteiger partial charge in [-0.2, -0.15) is 0 Å². The molecule has 6 heteroatoms. The number of hydrogen-bond acceptors (Lipinski definition) is 4. The largest absolute Gasteiger partial charge is 0.495 e. The van der Waals surface area contributed by atoms with Gasteiger partial charge in [-0.15, -0.1) is 0 Å². The van der Waals surface area contributed by atoms with Crippen molar-refractivity contribution in [2.75, 3.05) is 31.5 Å². The Morgan fingerprint density at radius 1 is 0.962 bits per heavy atom. The molecule has 0 heterocycles. The number of carbonyl (C=O) groups excluding carboxylic acids is 2. The highest BCUT2D eigenvalue weighted by Gasteiger charge is 2.11. The van der Waals surface area contributed by atoms with Gasteiger partial charge in [0.2, 0.25) is 11.8 Å². The highest BCUT2D eigenvalue weighted by molar-refractivity contribution is 5.96. The summed E-state index contributed by atoms with van der Waals surface area (Å²) in [4.78, 5) is 24.1. The van der Waals surface area contributed by atoms with E-state index in [-0.39, 0.29) is 24.8 Å². The molecule has 6 nitrogen and oxygen atoms in total. The van der Waals surface area contributed by atoms with Gasteiger partial charge < -0.3 is 20.1 Å². The molecule has 26 heavy (non-hydrogen) atoms. The van der Waals surface area contributed by atoms with E-state index in [0.717, 1.165) is 16.7 Å². The van der Waals surface area contributed by atoms with Gasteiger partial charge in [0.15, 0.2) is 0 Å². The average molecular weight is 356 g/mol. The fraction of sp³-hybridized carbons (Fsp3) is 0.300. The maximum atomic E-state index is 12.4. The Bertz CT molecular complexity index is 802. The summed E-state index contributed by atoms with van der Waals surface area (Å²) in [5.41, 5.74) is 4.23. The molecule has 0 bridgehead atoms. The van der Waals surface area contributed by atoms with Gasteiger partial charge in [-0.05, 0) is 43.2 Å². The van der Waals surface area contributed by atoms with E-state index in [2.05, 4.69) is 10.6 Å². The normalized spacial score (nSPS) is 10.3. The van der Waals surface area contributed by atoms with Gasteiger partial charge in [-0.25, -0.2) is 0 Å². The van der Waals surface area contributed by atoms with Crippen molar-refractivity contribution in [1.29, 1.82) is 0 Å². The lowest BCUT2D eigenvalue weighted by molar-refractivity contribution is -0.119. The third-order valence-corrected chi connectivity index (χ3v) is 3.89. The zero-order chi connectivity index (χ0) is 19.1. The maximum absolute atomic E-state index is 12.4. The predicted molar refractivity (Wildman–Crippen MR) is 102 cm³/mol. The van der Waals surface area contributed by atoms with Crippen molar-refractivity contribution in [3.8, 4) is 5.75 Å². The number of amides is 2. The molecule has 0 radical (unpaired) electrons. The van der Waals surface area contributed by atoms with Crippen molar-refractivity contribution in [3.05, 3.63) is 53.1 Å². The van der Waals surface area contributed by atoms with Crippen LogP contribution in [0.5, 0.6) is 5.75 Å². The summed E-state index contributed by atoms with van der Waals surface area (Å²) in [5.74, 6) is 0.0738. The Labute approximate surface area is 153 Å². The first-order valence-electron chi connectivity index (χ1n) is 8.25. The van der Waals surface area contributed by atoms with E-state index in [1.165, 1.54) is 14.2 Å². The third-order valence-electron chi connectivity index (χ3n) is 3.89. The van der Waals surface area contributed by atoms with Gasteiger partial charge in [-0.3, -0.25) is 9.59 Å². The minimum absolute atomic E-state index is 0.0631. The van der Waals surface area contributed by atoms with Crippen LogP contribution in [0, 0.1) is 13.8 Å². The average Bonchev–Trinajstić information content (AvgIpc) is 2.58. The van der Waals surface area contributed by atoms with Crippen LogP contribution >= 0.6 is 0 Å². The maximum Gasteiger partial charge on any atom is 0.250 e. The van der Waals surface area contributed by atoms with Crippen LogP contribution in [0.3, 0.4) is 0 Å². The smallest absolute Gasteiger partial charge is 0.250 e. The molecule has 0 spiro atoms. The van der Waals surface area contributed by atoms with Crippen molar-refractivity contribution >= 4 is 23.2 Å². The summed E-state index contributed by atoms with van der Waals surface area (Å²) >= 11 is 0. The van der Waals surface area contributed by atoms with E-state index in [9.17, 15) is 9.59 Å². The van der Waals surface area contributed by atoms with Crippen LogP contribution in [0.4, 0.5) is 11.4 Å². The SMILES string of the molecule is COCC(=O)Nc1cc(NC(=O)Cc2cc(C)ccc2C)ccc1OC. The number of aryl methyl sites for hydroxylation is 2. The lowest BCUT2D eigenvalue weighted by Gasteiger charge is -2.13. The van der Waals surface area contributed by atoms with E-state index < -0.39 is 0 Å². The van der Waals surface area contributed by atoms with Gasteiger partial charge >= 0.3 is 0 Å². The molecule has 0 saturated heterocycles. The van der Waals surface area contributed by atoms with Crippen LogP contribution in [0.2, 0.25) is 0 Å². The molecule has 2 aromatic rings. The molecule has 0 aliphatic heterocycles. The second-order valence-electron chi connectivity index (χ2n) is 6.05. The van der Waals surface area contributed by atoms with Gasteiger partial charge in [0.1, 0.15) is 12.4 Å². The fourth-order valence-corrected chi connectivity index (χ4v) is 2.57. The van der Waals surface area contributed by atoms with E-state index in [1.54, 1.807) is 18.2 Å². The minimum atomic E-state index is -0.301. The van der Waals surface area contributed by atoms with Crippen LogP contribution in [0.1, 0.15) is 16.7 Å². The lowest BCUT2D eigenvalue weighted by atomic mass is 10.0.